The van der Waals surface area contributed by atoms with E-state index in [-0.39, 0.29) is 18.4 Å². The second-order valence-electron chi connectivity index (χ2n) is 8.22. The molecule has 0 aliphatic rings. The highest BCUT2D eigenvalue weighted by Crippen LogP contribution is 2.34. The number of anilines is 1. The molecule has 4 aromatic rings. The molecular formula is C27H27N3O3S. The molecule has 4 rings (SSSR count). The number of hydrogen-bond acceptors (Lipinski definition) is 5. The molecule has 2 aromatic carbocycles. The molecule has 0 saturated heterocycles. The maximum atomic E-state index is 14.1. The molecule has 0 aliphatic carbocycles. The Hall–Kier alpha value is -3.71. The van der Waals surface area contributed by atoms with Crippen LogP contribution in [0.4, 0.5) is 5.69 Å². The molecule has 0 radical (unpaired) electrons. The van der Waals surface area contributed by atoms with Crippen LogP contribution in [0, 0.1) is 27.7 Å². The summed E-state index contributed by atoms with van der Waals surface area (Å²) in [6.07, 6.45) is 1.57. The zero-order valence-corrected chi connectivity index (χ0v) is 20.5. The van der Waals surface area contributed by atoms with Gasteiger partial charge in [-0.25, -0.2) is 4.98 Å². The second-order valence-corrected chi connectivity index (χ2v) is 9.43. The van der Waals surface area contributed by atoms with Crippen molar-refractivity contribution in [2.24, 2.45) is 0 Å². The van der Waals surface area contributed by atoms with Gasteiger partial charge in [-0.05, 0) is 57.0 Å². The van der Waals surface area contributed by atoms with Gasteiger partial charge in [-0.3, -0.25) is 14.5 Å². The first kappa shape index (κ1) is 23.4. The third-order valence-corrected chi connectivity index (χ3v) is 6.63. The Morgan fingerprint density at radius 2 is 1.79 bits per heavy atom. The number of furan rings is 1. The van der Waals surface area contributed by atoms with Crippen LogP contribution < -0.4 is 10.2 Å². The van der Waals surface area contributed by atoms with Crippen LogP contribution >= 0.6 is 11.3 Å². The number of carbonyl (C=O) groups excluding carboxylic acids is 2. The normalized spacial score (nSPS) is 11.8. The standard InChI is InChI=1S/C27H27N3O3S/c1-17-12-13-23(18(2)15-17)30(27(32)25-19(3)29-20(4)34-25)24(21-9-6-5-7-10-21)26(31)28-16-22-11-8-14-33-22/h5-15,24H,16H2,1-4H3,(H,28,31)/t24-/m1/s1. The van der Waals surface area contributed by atoms with Gasteiger partial charge in [0.25, 0.3) is 5.91 Å². The van der Waals surface area contributed by atoms with Crippen LogP contribution in [0.2, 0.25) is 0 Å². The van der Waals surface area contributed by atoms with Gasteiger partial charge in [0.2, 0.25) is 5.91 Å². The molecule has 0 aliphatic heterocycles. The van der Waals surface area contributed by atoms with Gasteiger partial charge in [-0.15, -0.1) is 11.3 Å². The summed E-state index contributed by atoms with van der Waals surface area (Å²) in [5.41, 5.74) is 4.05. The summed E-state index contributed by atoms with van der Waals surface area (Å²) in [7, 11) is 0. The number of amides is 2. The van der Waals surface area contributed by atoms with Crippen LogP contribution in [0.1, 0.15) is 48.9 Å². The fraction of sp³-hybridized carbons (Fsp3) is 0.222. The number of nitrogens with zero attached hydrogens (tertiary/aromatic N) is 2. The molecule has 1 atom stereocenters. The minimum atomic E-state index is -0.883. The van der Waals surface area contributed by atoms with Gasteiger partial charge in [-0.1, -0.05) is 48.0 Å². The molecule has 2 aromatic heterocycles. The van der Waals surface area contributed by atoms with Crippen molar-refractivity contribution in [2.75, 3.05) is 4.90 Å². The number of carbonyl (C=O) groups is 2. The lowest BCUT2D eigenvalue weighted by molar-refractivity contribution is -0.122. The Kier molecular flexibility index (Phi) is 6.93. The van der Waals surface area contributed by atoms with Crippen LogP contribution in [0.25, 0.3) is 0 Å². The number of aromatic nitrogens is 1. The molecule has 0 bridgehead atoms. The zero-order valence-electron chi connectivity index (χ0n) is 19.7. The zero-order chi connectivity index (χ0) is 24.2. The van der Waals surface area contributed by atoms with E-state index in [1.165, 1.54) is 11.3 Å². The Labute approximate surface area is 203 Å². The second kappa shape index (κ2) is 10.1. The summed E-state index contributed by atoms with van der Waals surface area (Å²) in [5.74, 6) is 0.0883. The van der Waals surface area contributed by atoms with Crippen molar-refractivity contribution in [3.05, 3.63) is 105 Å². The third kappa shape index (κ3) is 4.94. The van der Waals surface area contributed by atoms with Crippen LogP contribution in [0.15, 0.2) is 71.3 Å². The van der Waals surface area contributed by atoms with Crippen molar-refractivity contribution >= 4 is 28.8 Å². The van der Waals surface area contributed by atoms with Gasteiger partial charge in [0.05, 0.1) is 23.5 Å². The predicted octanol–water partition coefficient (Wildman–Crippen LogP) is 5.67. The smallest absolute Gasteiger partial charge is 0.271 e. The topological polar surface area (TPSA) is 75.4 Å². The number of rotatable bonds is 7. The Morgan fingerprint density at radius 1 is 1.03 bits per heavy atom. The molecule has 0 unspecified atom stereocenters. The van der Waals surface area contributed by atoms with Crippen molar-refractivity contribution in [3.8, 4) is 0 Å². The molecule has 7 heteroatoms. The highest BCUT2D eigenvalue weighted by atomic mass is 32.1. The SMILES string of the molecule is Cc1ccc(N(C(=O)c2sc(C)nc2C)[C@@H](C(=O)NCc2ccco2)c2ccccc2)c(C)c1. The van der Waals surface area contributed by atoms with Gasteiger partial charge in [0, 0.05) is 5.69 Å². The van der Waals surface area contributed by atoms with Crippen molar-refractivity contribution in [3.63, 3.8) is 0 Å². The highest BCUT2D eigenvalue weighted by molar-refractivity contribution is 7.13. The van der Waals surface area contributed by atoms with Gasteiger partial charge >= 0.3 is 0 Å². The molecule has 0 spiro atoms. The minimum Gasteiger partial charge on any atom is -0.467 e. The lowest BCUT2D eigenvalue weighted by Crippen LogP contribution is -2.44. The summed E-state index contributed by atoms with van der Waals surface area (Å²) in [6.45, 7) is 7.88. The average molecular weight is 474 g/mol. The molecule has 0 fully saturated rings. The highest BCUT2D eigenvalue weighted by Gasteiger charge is 2.35. The van der Waals surface area contributed by atoms with Gasteiger partial charge in [0.1, 0.15) is 16.7 Å². The van der Waals surface area contributed by atoms with E-state index in [2.05, 4.69) is 10.3 Å². The summed E-state index contributed by atoms with van der Waals surface area (Å²) in [4.78, 5) is 34.3. The van der Waals surface area contributed by atoms with Crippen LogP contribution in [0.5, 0.6) is 0 Å². The molecule has 2 amide bonds. The Morgan fingerprint density at radius 3 is 2.41 bits per heavy atom. The van der Waals surface area contributed by atoms with Crippen molar-refractivity contribution in [1.82, 2.24) is 10.3 Å². The van der Waals surface area contributed by atoms with E-state index in [1.54, 1.807) is 23.3 Å². The molecule has 174 valence electrons. The molecule has 1 N–H and O–H groups in total. The summed E-state index contributed by atoms with van der Waals surface area (Å²) >= 11 is 1.34. The van der Waals surface area contributed by atoms with Crippen LogP contribution in [0.3, 0.4) is 0 Å². The molecule has 6 nitrogen and oxygen atoms in total. The van der Waals surface area contributed by atoms with E-state index in [0.29, 0.717) is 27.6 Å². The van der Waals surface area contributed by atoms with Crippen LogP contribution in [-0.2, 0) is 11.3 Å². The summed E-state index contributed by atoms with van der Waals surface area (Å²) < 4.78 is 5.38. The van der Waals surface area contributed by atoms with E-state index in [1.807, 2.05) is 76.2 Å². The molecule has 2 heterocycles. The predicted molar refractivity (Wildman–Crippen MR) is 134 cm³/mol. The van der Waals surface area contributed by atoms with Crippen molar-refractivity contribution in [1.29, 1.82) is 0 Å². The van der Waals surface area contributed by atoms with Crippen LogP contribution in [-0.4, -0.2) is 16.8 Å². The van der Waals surface area contributed by atoms with E-state index in [4.69, 9.17) is 4.42 Å². The first-order valence-electron chi connectivity index (χ1n) is 11.0. The first-order chi connectivity index (χ1) is 16.3. The van der Waals surface area contributed by atoms with E-state index in [9.17, 15) is 9.59 Å². The van der Waals surface area contributed by atoms with Gasteiger partial charge in [-0.2, -0.15) is 0 Å². The molecule has 0 saturated carbocycles. The van der Waals surface area contributed by atoms with E-state index >= 15 is 0 Å². The monoisotopic (exact) mass is 473 g/mol. The van der Waals surface area contributed by atoms with E-state index in [0.717, 1.165) is 16.1 Å². The number of benzene rings is 2. The fourth-order valence-electron chi connectivity index (χ4n) is 4.02. The average Bonchev–Trinajstić information content (AvgIpc) is 3.45. The van der Waals surface area contributed by atoms with Crippen molar-refractivity contribution in [2.45, 2.75) is 40.3 Å². The lowest BCUT2D eigenvalue weighted by atomic mass is 10.0. The molecular weight excluding hydrogens is 446 g/mol. The minimum absolute atomic E-state index is 0.225. The van der Waals surface area contributed by atoms with E-state index < -0.39 is 6.04 Å². The third-order valence-electron chi connectivity index (χ3n) is 5.57. The largest absolute Gasteiger partial charge is 0.467 e. The lowest BCUT2D eigenvalue weighted by Gasteiger charge is -2.32. The van der Waals surface area contributed by atoms with Gasteiger partial charge < -0.3 is 9.73 Å². The number of nitrogens with one attached hydrogen (secondary N) is 1. The van der Waals surface area contributed by atoms with Gasteiger partial charge in [0.15, 0.2) is 0 Å². The molecule has 34 heavy (non-hydrogen) atoms. The quantitative estimate of drug-likeness (QED) is 0.375. The number of thiazole rings is 1. The Bertz CT molecular complexity index is 1300. The maximum absolute atomic E-state index is 14.1. The Balaban J connectivity index is 1.84. The first-order valence-corrected chi connectivity index (χ1v) is 11.9. The fourth-order valence-corrected chi connectivity index (χ4v) is 4.87. The summed E-state index contributed by atoms with van der Waals surface area (Å²) in [5, 5.41) is 3.76. The number of hydrogen-bond donors (Lipinski definition) is 1. The summed E-state index contributed by atoms with van der Waals surface area (Å²) in [6, 6.07) is 17.9. The van der Waals surface area contributed by atoms with Crippen molar-refractivity contribution < 1.29 is 14.0 Å². The maximum Gasteiger partial charge on any atom is 0.271 e. The number of aryl methyl sites for hydroxylation is 4.